The van der Waals surface area contributed by atoms with Crippen LogP contribution < -0.4 is 5.32 Å². The number of aliphatic hydroxyl groups excluding tert-OH is 1. The van der Waals surface area contributed by atoms with Gasteiger partial charge in [0.1, 0.15) is 0 Å². The normalized spacial score (nSPS) is 24.2. The highest BCUT2D eigenvalue weighted by Crippen LogP contribution is 2.31. The summed E-state index contributed by atoms with van der Waals surface area (Å²) in [5, 5.41) is 12.9. The van der Waals surface area contributed by atoms with Crippen molar-refractivity contribution >= 4 is 5.69 Å². The zero-order valence-corrected chi connectivity index (χ0v) is 11.5. The van der Waals surface area contributed by atoms with Crippen molar-refractivity contribution in [2.45, 2.75) is 52.2 Å². The molecule has 0 atom stereocenters. The van der Waals surface area contributed by atoms with E-state index >= 15 is 0 Å². The minimum atomic E-state index is 0.116. The molecule has 1 aromatic carbocycles. The van der Waals surface area contributed by atoms with Crippen molar-refractivity contribution in [1.82, 2.24) is 0 Å². The van der Waals surface area contributed by atoms with Crippen molar-refractivity contribution < 1.29 is 5.11 Å². The molecule has 0 heterocycles. The highest BCUT2D eigenvalue weighted by atomic mass is 16.3. The molecule has 2 nitrogen and oxygen atoms in total. The minimum absolute atomic E-state index is 0.116. The summed E-state index contributed by atoms with van der Waals surface area (Å²) >= 11 is 0. The van der Waals surface area contributed by atoms with Gasteiger partial charge in [-0.05, 0) is 43.6 Å². The third kappa shape index (κ3) is 3.26. The molecule has 100 valence electrons. The molecule has 1 saturated carbocycles. The smallest absolute Gasteiger partial charge is 0.0701 e. The van der Waals surface area contributed by atoms with Crippen LogP contribution in [0.2, 0.25) is 0 Å². The Kier molecular flexibility index (Phi) is 4.65. The van der Waals surface area contributed by atoms with Crippen LogP contribution in [0, 0.1) is 11.8 Å². The quantitative estimate of drug-likeness (QED) is 0.848. The monoisotopic (exact) mass is 247 g/mol. The molecule has 0 amide bonds. The largest absolute Gasteiger partial charge is 0.392 e. The third-order valence-electron chi connectivity index (χ3n) is 4.26. The molecule has 2 heteroatoms. The van der Waals surface area contributed by atoms with Crippen LogP contribution in [-0.2, 0) is 6.61 Å². The summed E-state index contributed by atoms with van der Waals surface area (Å²) in [6, 6.07) is 8.64. The second-order valence-corrected chi connectivity index (χ2v) is 5.82. The van der Waals surface area contributed by atoms with Crippen LogP contribution in [0.15, 0.2) is 24.3 Å². The number of hydrogen-bond donors (Lipinski definition) is 2. The van der Waals surface area contributed by atoms with Gasteiger partial charge in [0.05, 0.1) is 6.61 Å². The van der Waals surface area contributed by atoms with Crippen LogP contribution in [0.1, 0.15) is 45.1 Å². The molecule has 0 radical (unpaired) electrons. The fourth-order valence-corrected chi connectivity index (χ4v) is 2.95. The molecule has 18 heavy (non-hydrogen) atoms. The summed E-state index contributed by atoms with van der Waals surface area (Å²) in [5.41, 5.74) is 2.11. The van der Waals surface area contributed by atoms with E-state index in [0.717, 1.165) is 23.1 Å². The van der Waals surface area contributed by atoms with E-state index in [1.54, 1.807) is 0 Å². The van der Waals surface area contributed by atoms with Gasteiger partial charge in [-0.25, -0.2) is 0 Å². The first kappa shape index (κ1) is 13.4. The number of benzene rings is 1. The Morgan fingerprint density at radius 1 is 1.17 bits per heavy atom. The first-order valence-corrected chi connectivity index (χ1v) is 7.16. The molecular weight excluding hydrogens is 222 g/mol. The molecular formula is C16H25NO. The van der Waals surface area contributed by atoms with Crippen molar-refractivity contribution in [3.05, 3.63) is 29.8 Å². The first-order valence-electron chi connectivity index (χ1n) is 7.16. The second kappa shape index (κ2) is 6.24. The molecule has 2 rings (SSSR count). The lowest BCUT2D eigenvalue weighted by molar-refractivity contribution is 0.266. The summed E-state index contributed by atoms with van der Waals surface area (Å²) in [5.74, 6) is 1.71. The molecule has 0 saturated heterocycles. The number of anilines is 1. The van der Waals surface area contributed by atoms with Crippen LogP contribution in [0.4, 0.5) is 5.69 Å². The lowest BCUT2D eigenvalue weighted by Gasteiger charge is -2.32. The van der Waals surface area contributed by atoms with Gasteiger partial charge in [-0.15, -0.1) is 0 Å². The summed E-state index contributed by atoms with van der Waals surface area (Å²) < 4.78 is 0. The van der Waals surface area contributed by atoms with Gasteiger partial charge < -0.3 is 10.4 Å². The van der Waals surface area contributed by atoms with Crippen molar-refractivity contribution in [1.29, 1.82) is 0 Å². The highest BCUT2D eigenvalue weighted by Gasteiger charge is 2.23. The number of nitrogens with one attached hydrogen (secondary N) is 1. The maximum absolute atomic E-state index is 9.32. The standard InChI is InChI=1S/C16H25NO/c1-12(2)13-7-9-15(10-8-13)17-16-6-4-3-5-14(16)11-18/h3-6,12-13,15,17-18H,7-11H2,1-2H3. The zero-order valence-electron chi connectivity index (χ0n) is 11.5. The molecule has 0 bridgehead atoms. The van der Waals surface area contributed by atoms with Crippen LogP contribution in [0.25, 0.3) is 0 Å². The Morgan fingerprint density at radius 2 is 1.83 bits per heavy atom. The van der Waals surface area contributed by atoms with Gasteiger partial charge >= 0.3 is 0 Å². The Balaban J connectivity index is 1.91. The molecule has 0 spiro atoms. The second-order valence-electron chi connectivity index (χ2n) is 5.82. The van der Waals surface area contributed by atoms with E-state index in [0.29, 0.717) is 6.04 Å². The Morgan fingerprint density at radius 3 is 2.44 bits per heavy atom. The number of para-hydroxylation sites is 1. The summed E-state index contributed by atoms with van der Waals surface area (Å²) in [7, 11) is 0. The molecule has 1 aromatic rings. The maximum Gasteiger partial charge on any atom is 0.0701 e. The van der Waals surface area contributed by atoms with Gasteiger partial charge in [0.2, 0.25) is 0 Å². The van der Waals surface area contributed by atoms with Gasteiger partial charge in [0, 0.05) is 17.3 Å². The number of rotatable bonds is 4. The van der Waals surface area contributed by atoms with Crippen molar-refractivity contribution in [2.75, 3.05) is 5.32 Å². The van der Waals surface area contributed by atoms with Gasteiger partial charge in [-0.1, -0.05) is 32.0 Å². The van der Waals surface area contributed by atoms with Crippen LogP contribution >= 0.6 is 0 Å². The molecule has 0 aliphatic heterocycles. The first-order chi connectivity index (χ1) is 8.70. The van der Waals surface area contributed by atoms with Crippen molar-refractivity contribution in [3.8, 4) is 0 Å². The third-order valence-corrected chi connectivity index (χ3v) is 4.26. The topological polar surface area (TPSA) is 32.3 Å². The summed E-state index contributed by atoms with van der Waals surface area (Å²) in [6.07, 6.45) is 5.17. The Labute approximate surface area is 110 Å². The lowest BCUT2D eigenvalue weighted by atomic mass is 9.79. The fourth-order valence-electron chi connectivity index (χ4n) is 2.95. The summed E-state index contributed by atoms with van der Waals surface area (Å²) in [6.45, 7) is 4.78. The average Bonchev–Trinajstić information content (AvgIpc) is 2.40. The maximum atomic E-state index is 9.32. The van der Waals surface area contributed by atoms with E-state index in [1.807, 2.05) is 18.2 Å². The molecule has 1 aliphatic carbocycles. The SMILES string of the molecule is CC(C)C1CCC(Nc2ccccc2CO)CC1. The molecule has 1 aliphatic rings. The van der Waals surface area contributed by atoms with E-state index in [1.165, 1.54) is 25.7 Å². The molecule has 2 N–H and O–H groups in total. The van der Waals surface area contributed by atoms with E-state index in [4.69, 9.17) is 0 Å². The van der Waals surface area contributed by atoms with Crippen molar-refractivity contribution in [3.63, 3.8) is 0 Å². The van der Waals surface area contributed by atoms with E-state index in [2.05, 4.69) is 25.2 Å². The van der Waals surface area contributed by atoms with Gasteiger partial charge in [0.15, 0.2) is 0 Å². The molecule has 0 aromatic heterocycles. The zero-order chi connectivity index (χ0) is 13.0. The number of hydrogen-bond acceptors (Lipinski definition) is 2. The van der Waals surface area contributed by atoms with Crippen molar-refractivity contribution in [2.24, 2.45) is 11.8 Å². The van der Waals surface area contributed by atoms with Gasteiger partial charge in [-0.2, -0.15) is 0 Å². The lowest BCUT2D eigenvalue weighted by Crippen LogP contribution is -2.28. The number of aliphatic hydroxyl groups is 1. The van der Waals surface area contributed by atoms with E-state index in [9.17, 15) is 5.11 Å². The average molecular weight is 247 g/mol. The predicted octanol–water partition coefficient (Wildman–Crippen LogP) is 3.81. The predicted molar refractivity (Wildman–Crippen MR) is 76.6 cm³/mol. The van der Waals surface area contributed by atoms with Crippen LogP contribution in [-0.4, -0.2) is 11.1 Å². The molecule has 1 fully saturated rings. The van der Waals surface area contributed by atoms with Crippen LogP contribution in [0.5, 0.6) is 0 Å². The highest BCUT2D eigenvalue weighted by molar-refractivity contribution is 5.51. The van der Waals surface area contributed by atoms with Gasteiger partial charge in [-0.3, -0.25) is 0 Å². The van der Waals surface area contributed by atoms with Crippen LogP contribution in [0.3, 0.4) is 0 Å². The van der Waals surface area contributed by atoms with E-state index < -0.39 is 0 Å². The summed E-state index contributed by atoms with van der Waals surface area (Å²) in [4.78, 5) is 0. The van der Waals surface area contributed by atoms with E-state index in [-0.39, 0.29) is 6.61 Å². The fraction of sp³-hybridized carbons (Fsp3) is 0.625. The minimum Gasteiger partial charge on any atom is -0.392 e. The molecule has 0 unspecified atom stereocenters. The Bertz CT molecular complexity index is 367. The van der Waals surface area contributed by atoms with Gasteiger partial charge in [0.25, 0.3) is 0 Å². The Hall–Kier alpha value is -1.02.